The molecular formula is C27H33ClN4O2. The minimum atomic E-state index is 0.105. The molecule has 0 saturated carbocycles. The number of nitrogens with zero attached hydrogens (tertiary/aromatic N) is 3. The average molecular weight is 481 g/mol. The molecule has 0 radical (unpaired) electrons. The van der Waals surface area contributed by atoms with E-state index < -0.39 is 0 Å². The lowest BCUT2D eigenvalue weighted by Crippen LogP contribution is -2.33. The summed E-state index contributed by atoms with van der Waals surface area (Å²) in [5.74, 6) is 1.35. The van der Waals surface area contributed by atoms with Crippen LogP contribution < -0.4 is 10.1 Å². The highest BCUT2D eigenvalue weighted by molar-refractivity contribution is 6.30. The highest BCUT2D eigenvalue weighted by atomic mass is 35.5. The van der Waals surface area contributed by atoms with Gasteiger partial charge in [-0.25, -0.2) is 0 Å². The van der Waals surface area contributed by atoms with Crippen molar-refractivity contribution in [3.63, 3.8) is 0 Å². The second-order valence-corrected chi connectivity index (χ2v) is 9.57. The van der Waals surface area contributed by atoms with E-state index >= 15 is 0 Å². The van der Waals surface area contributed by atoms with Crippen molar-refractivity contribution >= 4 is 17.5 Å². The third kappa shape index (κ3) is 6.53. The molecule has 0 aliphatic rings. The van der Waals surface area contributed by atoms with E-state index in [4.69, 9.17) is 20.8 Å². The molecule has 0 aliphatic heterocycles. The van der Waals surface area contributed by atoms with Gasteiger partial charge in [-0.2, -0.15) is 10.2 Å². The lowest BCUT2D eigenvalue weighted by molar-refractivity contribution is 0.226. The molecule has 0 saturated heterocycles. The summed E-state index contributed by atoms with van der Waals surface area (Å²) in [5, 5.41) is 13.5. The molecule has 0 spiro atoms. The molecule has 1 heterocycles. The Hall–Kier alpha value is -3.01. The number of likely N-dealkylation sites (N-methyl/N-ethyl adjacent to an activating group) is 1. The summed E-state index contributed by atoms with van der Waals surface area (Å²) in [6.45, 7) is 13.5. The van der Waals surface area contributed by atoms with Crippen LogP contribution in [0.15, 0.2) is 52.9 Å². The number of hydrogen-bond donors (Lipinski definition) is 1. The molecule has 3 aromatic rings. The first-order chi connectivity index (χ1) is 16.2. The summed E-state index contributed by atoms with van der Waals surface area (Å²) in [6.07, 6.45) is 0. The molecule has 0 amide bonds. The number of rotatable bonds is 10. The van der Waals surface area contributed by atoms with E-state index in [1.165, 1.54) is 11.1 Å². The van der Waals surface area contributed by atoms with Crippen molar-refractivity contribution < 1.29 is 9.15 Å². The van der Waals surface area contributed by atoms with Crippen LogP contribution in [0.2, 0.25) is 5.02 Å². The Kier molecular flexibility index (Phi) is 8.60. The summed E-state index contributed by atoms with van der Waals surface area (Å²) in [6, 6.07) is 18.1. The van der Waals surface area contributed by atoms with Crippen LogP contribution in [-0.2, 0) is 12.0 Å². The van der Waals surface area contributed by atoms with Crippen molar-refractivity contribution in [1.29, 1.82) is 5.26 Å². The fraction of sp³-hybridized carbons (Fsp3) is 0.407. The van der Waals surface area contributed by atoms with Gasteiger partial charge in [0.2, 0.25) is 17.5 Å². The van der Waals surface area contributed by atoms with Crippen molar-refractivity contribution in [2.75, 3.05) is 25.0 Å². The Morgan fingerprint density at radius 3 is 2.29 bits per heavy atom. The third-order valence-electron chi connectivity index (χ3n) is 5.82. The van der Waals surface area contributed by atoms with Gasteiger partial charge in [0, 0.05) is 11.6 Å². The van der Waals surface area contributed by atoms with Crippen molar-refractivity contribution in [3.05, 3.63) is 76.3 Å². The number of benzene rings is 2. The van der Waals surface area contributed by atoms with Crippen molar-refractivity contribution in [1.82, 2.24) is 9.88 Å². The fourth-order valence-electron chi connectivity index (χ4n) is 3.81. The second kappa shape index (κ2) is 11.4. The van der Waals surface area contributed by atoms with Gasteiger partial charge in [0.15, 0.2) is 6.61 Å². The van der Waals surface area contributed by atoms with Gasteiger partial charge in [-0.05, 0) is 53.9 Å². The Labute approximate surface area is 207 Å². The number of oxazole rings is 1. The van der Waals surface area contributed by atoms with Crippen LogP contribution in [0.25, 0.3) is 0 Å². The van der Waals surface area contributed by atoms with E-state index in [0.29, 0.717) is 29.1 Å². The van der Waals surface area contributed by atoms with Crippen LogP contribution in [0, 0.1) is 11.3 Å². The zero-order valence-corrected chi connectivity index (χ0v) is 21.3. The number of anilines is 1. The maximum atomic E-state index is 9.56. The summed E-state index contributed by atoms with van der Waals surface area (Å²) in [4.78, 5) is 6.66. The van der Waals surface area contributed by atoms with E-state index in [9.17, 15) is 5.26 Å². The Morgan fingerprint density at radius 1 is 1.09 bits per heavy atom. The molecule has 3 rings (SSSR count). The molecule has 7 heteroatoms. The van der Waals surface area contributed by atoms with Crippen LogP contribution in [-0.4, -0.2) is 29.5 Å². The molecule has 0 fully saturated rings. The van der Waals surface area contributed by atoms with Gasteiger partial charge in [0.1, 0.15) is 11.8 Å². The molecule has 2 aromatic carbocycles. The fourth-order valence-corrected chi connectivity index (χ4v) is 3.94. The van der Waals surface area contributed by atoms with Crippen molar-refractivity contribution in [3.8, 4) is 11.8 Å². The van der Waals surface area contributed by atoms with Crippen molar-refractivity contribution in [2.45, 2.75) is 52.7 Å². The smallest absolute Gasteiger partial charge is 0.236 e. The van der Waals surface area contributed by atoms with E-state index in [-0.39, 0.29) is 23.8 Å². The SMILES string of the molecule is CCN(CC)[C@@H](CNc1oc(COc2ccc(Cl)cc2)nc1C#N)c1ccc(C(C)(C)C)cc1. The minimum absolute atomic E-state index is 0.105. The Bertz CT molecular complexity index is 1090. The maximum absolute atomic E-state index is 9.56. The topological polar surface area (TPSA) is 74.3 Å². The molecule has 34 heavy (non-hydrogen) atoms. The molecule has 1 atom stereocenters. The summed E-state index contributed by atoms with van der Waals surface area (Å²) >= 11 is 5.91. The molecule has 1 aromatic heterocycles. The van der Waals surface area contributed by atoms with Crippen LogP contribution in [0.4, 0.5) is 5.88 Å². The number of nitriles is 1. The van der Waals surface area contributed by atoms with E-state index in [2.05, 4.69) is 80.2 Å². The number of aromatic nitrogens is 1. The Balaban J connectivity index is 1.74. The van der Waals surface area contributed by atoms with Gasteiger partial charge >= 0.3 is 0 Å². The van der Waals surface area contributed by atoms with Gasteiger partial charge in [-0.1, -0.05) is 70.5 Å². The summed E-state index contributed by atoms with van der Waals surface area (Å²) in [5.41, 5.74) is 2.84. The Morgan fingerprint density at radius 2 is 1.74 bits per heavy atom. The number of hydrogen-bond acceptors (Lipinski definition) is 6. The molecular weight excluding hydrogens is 448 g/mol. The number of ether oxygens (including phenoxy) is 1. The molecule has 0 aliphatic carbocycles. The largest absolute Gasteiger partial charge is 0.484 e. The van der Waals surface area contributed by atoms with Gasteiger partial charge in [0.05, 0.1) is 6.04 Å². The summed E-state index contributed by atoms with van der Waals surface area (Å²) in [7, 11) is 0. The molecule has 180 valence electrons. The first-order valence-electron chi connectivity index (χ1n) is 11.6. The zero-order chi connectivity index (χ0) is 24.7. The zero-order valence-electron chi connectivity index (χ0n) is 20.6. The highest BCUT2D eigenvalue weighted by Gasteiger charge is 2.22. The standard InChI is InChI=1S/C27H33ClN4O2/c1-6-32(7-2)24(19-8-10-20(11-9-19)27(3,4)5)17-30-26-23(16-29)31-25(34-26)18-33-22-14-12-21(28)13-15-22/h8-15,24,30H,6-7,17-18H2,1-5H3/t24-/m0/s1. The predicted octanol–water partition coefficient (Wildman–Crippen LogP) is 6.57. The lowest BCUT2D eigenvalue weighted by Gasteiger charge is -2.31. The lowest BCUT2D eigenvalue weighted by atomic mass is 9.86. The predicted molar refractivity (Wildman–Crippen MR) is 136 cm³/mol. The second-order valence-electron chi connectivity index (χ2n) is 9.13. The average Bonchev–Trinajstić information content (AvgIpc) is 3.23. The minimum Gasteiger partial charge on any atom is -0.484 e. The van der Waals surface area contributed by atoms with Gasteiger partial charge in [0.25, 0.3) is 0 Å². The van der Waals surface area contributed by atoms with E-state index in [1.54, 1.807) is 24.3 Å². The van der Waals surface area contributed by atoms with Crippen LogP contribution >= 0.6 is 11.6 Å². The van der Waals surface area contributed by atoms with Crippen LogP contribution in [0.5, 0.6) is 5.75 Å². The normalized spacial score (nSPS) is 12.4. The molecule has 1 N–H and O–H groups in total. The van der Waals surface area contributed by atoms with E-state index in [1.807, 2.05) is 0 Å². The van der Waals surface area contributed by atoms with Gasteiger partial charge in [-0.15, -0.1) is 0 Å². The first-order valence-corrected chi connectivity index (χ1v) is 12.0. The molecule has 0 unspecified atom stereocenters. The van der Waals surface area contributed by atoms with Crippen LogP contribution in [0.3, 0.4) is 0 Å². The van der Waals surface area contributed by atoms with Gasteiger partial charge < -0.3 is 14.5 Å². The molecule has 6 nitrogen and oxygen atoms in total. The summed E-state index contributed by atoms with van der Waals surface area (Å²) < 4.78 is 11.5. The monoisotopic (exact) mass is 480 g/mol. The third-order valence-corrected chi connectivity index (χ3v) is 6.08. The van der Waals surface area contributed by atoms with Crippen LogP contribution in [0.1, 0.15) is 63.4 Å². The maximum Gasteiger partial charge on any atom is 0.236 e. The quantitative estimate of drug-likeness (QED) is 0.353. The molecule has 0 bridgehead atoms. The van der Waals surface area contributed by atoms with Gasteiger partial charge in [-0.3, -0.25) is 4.90 Å². The number of nitrogens with one attached hydrogen (secondary N) is 1. The van der Waals surface area contributed by atoms with E-state index in [0.717, 1.165) is 13.1 Å². The first kappa shape index (κ1) is 25.6. The number of halogens is 1. The highest BCUT2D eigenvalue weighted by Crippen LogP contribution is 2.27. The van der Waals surface area contributed by atoms with Crippen molar-refractivity contribution in [2.24, 2.45) is 0 Å².